The van der Waals surface area contributed by atoms with Crippen molar-refractivity contribution >= 4 is 27.6 Å². The lowest BCUT2D eigenvalue weighted by molar-refractivity contribution is -0.141. The molecule has 1 rings (SSSR count). The molecule has 8 heteroatoms. The van der Waals surface area contributed by atoms with E-state index >= 15 is 0 Å². The monoisotopic (exact) mass is 354 g/mol. The van der Waals surface area contributed by atoms with E-state index in [4.69, 9.17) is 16.7 Å². The van der Waals surface area contributed by atoms with Gasteiger partial charge in [0.25, 0.3) is 0 Å². The first kappa shape index (κ1) is 19.7. The molecular formula is C14H27ClN2O4S. The third-order valence-corrected chi connectivity index (χ3v) is 5.98. The first-order valence-electron chi connectivity index (χ1n) is 7.75. The maximum atomic E-state index is 12.4. The van der Waals surface area contributed by atoms with Crippen LogP contribution in [0.3, 0.4) is 0 Å². The summed E-state index contributed by atoms with van der Waals surface area (Å²) in [4.78, 5) is 13.0. The number of carboxylic acids is 1. The molecule has 0 aromatic carbocycles. The predicted octanol–water partition coefficient (Wildman–Crippen LogP) is 1.31. The van der Waals surface area contributed by atoms with E-state index in [9.17, 15) is 13.2 Å². The smallest absolute Gasteiger partial charge is 0.307 e. The average Bonchev–Trinajstić information content (AvgIpc) is 2.89. The summed E-state index contributed by atoms with van der Waals surface area (Å²) in [6.07, 6.45) is 1.09. The van der Waals surface area contributed by atoms with Crippen LogP contribution in [0.4, 0.5) is 0 Å². The lowest BCUT2D eigenvalue weighted by Gasteiger charge is -2.26. The molecule has 1 N–H and O–H groups in total. The molecule has 1 atom stereocenters. The summed E-state index contributed by atoms with van der Waals surface area (Å²) in [7, 11) is -3.30. The number of hydrogen-bond donors (Lipinski definition) is 1. The number of hydrogen-bond acceptors (Lipinski definition) is 4. The highest BCUT2D eigenvalue weighted by Gasteiger charge is 2.29. The Morgan fingerprint density at radius 2 is 2.14 bits per heavy atom. The molecule has 1 aliphatic rings. The second-order valence-electron chi connectivity index (χ2n) is 6.23. The van der Waals surface area contributed by atoms with Crippen LogP contribution >= 0.6 is 11.6 Å². The normalized spacial score (nSPS) is 20.1. The van der Waals surface area contributed by atoms with Gasteiger partial charge in [-0.25, -0.2) is 12.7 Å². The third kappa shape index (κ3) is 6.40. The molecule has 0 bridgehead atoms. The number of aliphatic carboxylic acids is 1. The molecule has 0 aromatic rings. The summed E-state index contributed by atoms with van der Waals surface area (Å²) in [5.41, 5.74) is 0. The van der Waals surface area contributed by atoms with Crippen LogP contribution in [0.1, 0.15) is 26.7 Å². The summed E-state index contributed by atoms with van der Waals surface area (Å²) >= 11 is 5.60. The molecule has 0 saturated carbocycles. The standard InChI is InChI=1S/C14H27ClN2O4S/c1-12(2)10-17(22(20,21)9-3-5-15)8-7-16-6-4-13(11-16)14(18)19/h12-13H,3-11H2,1-2H3,(H,18,19). The fraction of sp³-hybridized carbons (Fsp3) is 0.929. The van der Waals surface area contributed by atoms with Gasteiger partial charge in [0.05, 0.1) is 11.7 Å². The Hall–Kier alpha value is -0.370. The summed E-state index contributed by atoms with van der Waals surface area (Å²) in [5, 5.41) is 9.01. The minimum Gasteiger partial charge on any atom is -0.481 e. The van der Waals surface area contributed by atoms with Gasteiger partial charge >= 0.3 is 5.97 Å². The zero-order valence-electron chi connectivity index (χ0n) is 13.4. The van der Waals surface area contributed by atoms with Gasteiger partial charge in [-0.3, -0.25) is 4.79 Å². The van der Waals surface area contributed by atoms with E-state index in [0.717, 1.165) is 0 Å². The molecule has 22 heavy (non-hydrogen) atoms. The van der Waals surface area contributed by atoms with E-state index in [1.54, 1.807) is 0 Å². The second-order valence-corrected chi connectivity index (χ2v) is 8.70. The predicted molar refractivity (Wildman–Crippen MR) is 87.7 cm³/mol. The van der Waals surface area contributed by atoms with Crippen LogP contribution in [-0.2, 0) is 14.8 Å². The van der Waals surface area contributed by atoms with Gasteiger partial charge in [-0.05, 0) is 25.3 Å². The van der Waals surface area contributed by atoms with Gasteiger partial charge in [-0.1, -0.05) is 13.8 Å². The number of sulfonamides is 1. The molecule has 0 radical (unpaired) electrons. The van der Waals surface area contributed by atoms with Crippen molar-refractivity contribution < 1.29 is 18.3 Å². The fourth-order valence-corrected chi connectivity index (χ4v) is 4.55. The summed E-state index contributed by atoms with van der Waals surface area (Å²) in [6.45, 7) is 6.67. The quantitative estimate of drug-likeness (QED) is 0.598. The molecular weight excluding hydrogens is 328 g/mol. The minimum atomic E-state index is -3.30. The van der Waals surface area contributed by atoms with Gasteiger partial charge in [-0.2, -0.15) is 0 Å². The van der Waals surface area contributed by atoms with E-state index in [1.165, 1.54) is 4.31 Å². The molecule has 0 amide bonds. The van der Waals surface area contributed by atoms with Crippen molar-refractivity contribution in [1.82, 2.24) is 9.21 Å². The van der Waals surface area contributed by atoms with Gasteiger partial charge in [0.2, 0.25) is 10.0 Å². The molecule has 130 valence electrons. The zero-order valence-corrected chi connectivity index (χ0v) is 14.9. The Labute approximate surface area is 138 Å². The largest absolute Gasteiger partial charge is 0.481 e. The van der Waals surface area contributed by atoms with Gasteiger partial charge in [0, 0.05) is 32.1 Å². The zero-order chi connectivity index (χ0) is 16.8. The number of rotatable bonds is 10. The minimum absolute atomic E-state index is 0.0704. The maximum absolute atomic E-state index is 12.4. The highest BCUT2D eigenvalue weighted by Crippen LogP contribution is 2.17. The average molecular weight is 355 g/mol. The Kier molecular flexibility index (Phi) is 8.10. The van der Waals surface area contributed by atoms with Gasteiger partial charge in [-0.15, -0.1) is 11.6 Å². The summed E-state index contributed by atoms with van der Waals surface area (Å²) in [5.74, 6) is -0.443. The van der Waals surface area contributed by atoms with E-state index < -0.39 is 16.0 Å². The van der Waals surface area contributed by atoms with Gasteiger partial charge in [0.15, 0.2) is 0 Å². The number of halogens is 1. The van der Waals surface area contributed by atoms with Crippen molar-refractivity contribution in [3.05, 3.63) is 0 Å². The van der Waals surface area contributed by atoms with Gasteiger partial charge in [0.1, 0.15) is 0 Å². The van der Waals surface area contributed by atoms with Crippen LogP contribution < -0.4 is 0 Å². The topological polar surface area (TPSA) is 77.9 Å². The van der Waals surface area contributed by atoms with Crippen LogP contribution in [0, 0.1) is 11.8 Å². The summed E-state index contributed by atoms with van der Waals surface area (Å²) < 4.78 is 26.2. The molecule has 0 aliphatic carbocycles. The fourth-order valence-electron chi connectivity index (χ4n) is 2.61. The maximum Gasteiger partial charge on any atom is 0.307 e. The highest BCUT2D eigenvalue weighted by molar-refractivity contribution is 7.89. The Balaban J connectivity index is 2.57. The van der Waals surface area contributed by atoms with Crippen LogP contribution in [0.15, 0.2) is 0 Å². The highest BCUT2D eigenvalue weighted by atomic mass is 35.5. The van der Waals surface area contributed by atoms with Crippen molar-refractivity contribution in [3.8, 4) is 0 Å². The van der Waals surface area contributed by atoms with Gasteiger partial charge < -0.3 is 10.0 Å². The van der Waals surface area contributed by atoms with Crippen molar-refractivity contribution in [2.75, 3.05) is 44.4 Å². The van der Waals surface area contributed by atoms with Crippen molar-refractivity contribution in [1.29, 1.82) is 0 Å². The van der Waals surface area contributed by atoms with Crippen molar-refractivity contribution in [2.24, 2.45) is 11.8 Å². The van der Waals surface area contributed by atoms with Crippen LogP contribution in [0.5, 0.6) is 0 Å². The Morgan fingerprint density at radius 1 is 1.45 bits per heavy atom. The molecule has 6 nitrogen and oxygen atoms in total. The molecule has 0 spiro atoms. The molecule has 1 unspecified atom stereocenters. The Morgan fingerprint density at radius 3 is 2.64 bits per heavy atom. The van der Waals surface area contributed by atoms with E-state index in [1.807, 2.05) is 18.7 Å². The van der Waals surface area contributed by atoms with E-state index in [-0.39, 0.29) is 17.6 Å². The lowest BCUT2D eigenvalue weighted by atomic mass is 10.1. The first-order chi connectivity index (χ1) is 10.3. The summed E-state index contributed by atoms with van der Waals surface area (Å²) in [6, 6.07) is 0. The van der Waals surface area contributed by atoms with Crippen molar-refractivity contribution in [3.63, 3.8) is 0 Å². The van der Waals surface area contributed by atoms with Crippen LogP contribution in [0.25, 0.3) is 0 Å². The second kappa shape index (κ2) is 9.05. The third-order valence-electron chi connectivity index (χ3n) is 3.79. The SMILES string of the molecule is CC(C)CN(CCN1CCC(C(=O)O)C1)S(=O)(=O)CCCCl. The molecule has 1 fully saturated rings. The molecule has 1 saturated heterocycles. The molecule has 0 aromatic heterocycles. The molecule has 1 aliphatic heterocycles. The number of carboxylic acid groups (broad SMARTS) is 1. The number of nitrogens with zero attached hydrogens (tertiary/aromatic N) is 2. The number of alkyl halides is 1. The van der Waals surface area contributed by atoms with E-state index in [2.05, 4.69) is 0 Å². The molecule has 1 heterocycles. The number of likely N-dealkylation sites (tertiary alicyclic amines) is 1. The van der Waals surface area contributed by atoms with Crippen molar-refractivity contribution in [2.45, 2.75) is 26.7 Å². The van der Waals surface area contributed by atoms with Crippen LogP contribution in [0.2, 0.25) is 0 Å². The lowest BCUT2D eigenvalue weighted by Crippen LogP contribution is -2.41. The number of carbonyl (C=O) groups is 1. The van der Waals surface area contributed by atoms with Crippen LogP contribution in [-0.4, -0.2) is 73.1 Å². The first-order valence-corrected chi connectivity index (χ1v) is 9.89. The van der Waals surface area contributed by atoms with E-state index in [0.29, 0.717) is 51.4 Å². The Bertz CT molecular complexity index is 456.